The quantitative estimate of drug-likeness (QED) is 0.778. The maximum absolute atomic E-state index is 11.0. The van der Waals surface area contributed by atoms with E-state index in [1.807, 2.05) is 13.0 Å². The second-order valence-corrected chi connectivity index (χ2v) is 7.22. The van der Waals surface area contributed by atoms with E-state index in [4.69, 9.17) is 0 Å². The fraction of sp³-hybridized carbons (Fsp3) is 0.409. The van der Waals surface area contributed by atoms with Crippen LogP contribution in [0.3, 0.4) is 0 Å². The van der Waals surface area contributed by atoms with Crippen LogP contribution >= 0.6 is 0 Å². The van der Waals surface area contributed by atoms with Gasteiger partial charge in [-0.05, 0) is 62.6 Å². The minimum atomic E-state index is 0.446. The molecule has 0 bridgehead atoms. The molecule has 1 aliphatic heterocycles. The van der Waals surface area contributed by atoms with Gasteiger partial charge in [0.15, 0.2) is 0 Å². The van der Waals surface area contributed by atoms with Crippen LogP contribution in [-0.2, 0) is 0 Å². The first-order valence-corrected chi connectivity index (χ1v) is 9.11. The van der Waals surface area contributed by atoms with Gasteiger partial charge in [0.2, 0.25) is 0 Å². The highest BCUT2D eigenvalue weighted by Crippen LogP contribution is 2.27. The van der Waals surface area contributed by atoms with Crippen molar-refractivity contribution in [3.8, 4) is 0 Å². The van der Waals surface area contributed by atoms with Crippen molar-refractivity contribution in [2.75, 3.05) is 31.1 Å². The average Bonchev–Trinajstić information content (AvgIpc) is 2.61. The fourth-order valence-corrected chi connectivity index (χ4v) is 3.85. The van der Waals surface area contributed by atoms with Crippen molar-refractivity contribution < 1.29 is 4.79 Å². The lowest BCUT2D eigenvalue weighted by atomic mass is 9.98. The van der Waals surface area contributed by atoms with E-state index in [-0.39, 0.29) is 0 Å². The molecule has 0 radical (unpaired) electrons. The van der Waals surface area contributed by atoms with Crippen LogP contribution in [0.25, 0.3) is 0 Å². The summed E-state index contributed by atoms with van der Waals surface area (Å²) in [5.41, 5.74) is 7.21. The van der Waals surface area contributed by atoms with Gasteiger partial charge in [0.1, 0.15) is 6.29 Å². The molecular formula is C22H28N2O. The second kappa shape index (κ2) is 7.40. The van der Waals surface area contributed by atoms with Gasteiger partial charge < -0.3 is 4.90 Å². The Kier molecular flexibility index (Phi) is 5.24. The van der Waals surface area contributed by atoms with E-state index in [1.54, 1.807) is 0 Å². The molecule has 0 N–H and O–H groups in total. The highest BCUT2D eigenvalue weighted by molar-refractivity contribution is 5.78. The van der Waals surface area contributed by atoms with Gasteiger partial charge in [0, 0.05) is 43.5 Å². The molecular weight excluding hydrogens is 308 g/mol. The second-order valence-electron chi connectivity index (χ2n) is 7.22. The first kappa shape index (κ1) is 17.7. The van der Waals surface area contributed by atoms with E-state index in [9.17, 15) is 4.79 Å². The van der Waals surface area contributed by atoms with Crippen molar-refractivity contribution >= 4 is 12.0 Å². The summed E-state index contributed by atoms with van der Waals surface area (Å²) < 4.78 is 0. The van der Waals surface area contributed by atoms with Gasteiger partial charge in [0.25, 0.3) is 0 Å². The number of piperazine rings is 1. The third-order valence-electron chi connectivity index (χ3n) is 5.48. The summed E-state index contributed by atoms with van der Waals surface area (Å²) >= 11 is 0. The smallest absolute Gasteiger partial charge is 0.150 e. The monoisotopic (exact) mass is 336 g/mol. The number of carbonyl (C=O) groups excluding carboxylic acids is 1. The standard InChI is InChI=1S/C22H28N2O/c1-16-5-8-22(18(3)13-16)19(4)23-9-11-24(12-10-23)21-7-6-20(15-25)17(2)14-21/h5-8,13-15,19H,9-12H2,1-4H3/t19-/m1/s1. The average molecular weight is 336 g/mol. The maximum atomic E-state index is 11.0. The van der Waals surface area contributed by atoms with Crippen LogP contribution in [0.5, 0.6) is 0 Å². The van der Waals surface area contributed by atoms with Crippen molar-refractivity contribution in [2.45, 2.75) is 33.7 Å². The predicted molar refractivity (Wildman–Crippen MR) is 105 cm³/mol. The van der Waals surface area contributed by atoms with E-state index >= 15 is 0 Å². The van der Waals surface area contributed by atoms with E-state index in [0.29, 0.717) is 6.04 Å². The summed E-state index contributed by atoms with van der Waals surface area (Å²) in [6.45, 7) is 12.8. The summed E-state index contributed by atoms with van der Waals surface area (Å²) in [4.78, 5) is 16.0. The summed E-state index contributed by atoms with van der Waals surface area (Å²) in [7, 11) is 0. The first-order valence-electron chi connectivity index (χ1n) is 9.11. The van der Waals surface area contributed by atoms with Gasteiger partial charge in [-0.2, -0.15) is 0 Å². The van der Waals surface area contributed by atoms with Gasteiger partial charge in [-0.25, -0.2) is 0 Å². The third-order valence-corrected chi connectivity index (χ3v) is 5.48. The Bertz CT molecular complexity index is 761. The van der Waals surface area contributed by atoms with Crippen LogP contribution < -0.4 is 4.90 Å². The molecule has 1 heterocycles. The topological polar surface area (TPSA) is 23.6 Å². The number of carbonyl (C=O) groups is 1. The molecule has 25 heavy (non-hydrogen) atoms. The van der Waals surface area contributed by atoms with Gasteiger partial charge in [-0.1, -0.05) is 23.8 Å². The number of rotatable bonds is 4. The normalized spacial score (nSPS) is 16.7. The molecule has 0 saturated carbocycles. The number of aldehydes is 1. The number of hydrogen-bond donors (Lipinski definition) is 0. The summed E-state index contributed by atoms with van der Waals surface area (Å²) in [5.74, 6) is 0. The molecule has 0 amide bonds. The summed E-state index contributed by atoms with van der Waals surface area (Å²) in [6, 6.07) is 13.4. The maximum Gasteiger partial charge on any atom is 0.150 e. The Hall–Kier alpha value is -2.13. The van der Waals surface area contributed by atoms with E-state index in [2.05, 4.69) is 60.9 Å². The highest BCUT2D eigenvalue weighted by Gasteiger charge is 2.23. The largest absolute Gasteiger partial charge is 0.369 e. The van der Waals surface area contributed by atoms with Crippen LogP contribution in [-0.4, -0.2) is 37.4 Å². The van der Waals surface area contributed by atoms with Gasteiger partial charge >= 0.3 is 0 Å². The molecule has 1 atom stereocenters. The Morgan fingerprint density at radius 2 is 1.64 bits per heavy atom. The van der Waals surface area contributed by atoms with Gasteiger partial charge in [-0.15, -0.1) is 0 Å². The molecule has 3 rings (SSSR count). The van der Waals surface area contributed by atoms with Crippen molar-refractivity contribution in [3.63, 3.8) is 0 Å². The molecule has 1 saturated heterocycles. The van der Waals surface area contributed by atoms with Crippen molar-refractivity contribution in [3.05, 3.63) is 64.2 Å². The van der Waals surface area contributed by atoms with Crippen LogP contribution in [0.4, 0.5) is 5.69 Å². The van der Waals surface area contributed by atoms with E-state index < -0.39 is 0 Å². The Morgan fingerprint density at radius 3 is 2.24 bits per heavy atom. The lowest BCUT2D eigenvalue weighted by molar-refractivity contribution is 0.112. The number of anilines is 1. The zero-order chi connectivity index (χ0) is 18.0. The first-order chi connectivity index (χ1) is 12.0. The van der Waals surface area contributed by atoms with E-state index in [0.717, 1.165) is 43.6 Å². The van der Waals surface area contributed by atoms with Crippen LogP contribution in [0.1, 0.15) is 45.6 Å². The number of benzene rings is 2. The predicted octanol–water partition coefficient (Wildman–Crippen LogP) is 4.31. The molecule has 1 fully saturated rings. The molecule has 2 aromatic carbocycles. The zero-order valence-corrected chi connectivity index (χ0v) is 15.7. The van der Waals surface area contributed by atoms with Crippen LogP contribution in [0, 0.1) is 20.8 Å². The fourth-order valence-electron chi connectivity index (χ4n) is 3.85. The molecule has 0 aliphatic carbocycles. The van der Waals surface area contributed by atoms with Crippen molar-refractivity contribution in [1.29, 1.82) is 0 Å². The molecule has 0 aromatic heterocycles. The Balaban J connectivity index is 1.67. The van der Waals surface area contributed by atoms with E-state index in [1.165, 1.54) is 22.4 Å². The molecule has 1 aliphatic rings. The molecule has 0 unspecified atom stereocenters. The Morgan fingerprint density at radius 1 is 0.920 bits per heavy atom. The number of nitrogens with zero attached hydrogens (tertiary/aromatic N) is 2. The van der Waals surface area contributed by atoms with Gasteiger partial charge in [-0.3, -0.25) is 9.69 Å². The molecule has 132 valence electrons. The summed E-state index contributed by atoms with van der Waals surface area (Å²) in [6.07, 6.45) is 0.933. The van der Waals surface area contributed by atoms with Crippen molar-refractivity contribution in [1.82, 2.24) is 4.90 Å². The lowest BCUT2D eigenvalue weighted by Crippen LogP contribution is -2.47. The van der Waals surface area contributed by atoms with Crippen LogP contribution in [0.2, 0.25) is 0 Å². The lowest BCUT2D eigenvalue weighted by Gasteiger charge is -2.39. The number of hydrogen-bond acceptors (Lipinski definition) is 3. The molecule has 3 nitrogen and oxygen atoms in total. The third kappa shape index (κ3) is 3.77. The SMILES string of the molecule is Cc1ccc([C@@H](C)N2CCN(c3ccc(C=O)c(C)c3)CC2)c(C)c1. The van der Waals surface area contributed by atoms with Crippen molar-refractivity contribution in [2.24, 2.45) is 0 Å². The summed E-state index contributed by atoms with van der Waals surface area (Å²) in [5, 5.41) is 0. The zero-order valence-electron chi connectivity index (χ0n) is 15.7. The molecule has 3 heteroatoms. The number of aryl methyl sites for hydroxylation is 3. The minimum absolute atomic E-state index is 0.446. The molecule has 0 spiro atoms. The minimum Gasteiger partial charge on any atom is -0.369 e. The van der Waals surface area contributed by atoms with Gasteiger partial charge in [0.05, 0.1) is 0 Å². The Labute approximate surface area is 151 Å². The molecule has 2 aromatic rings. The van der Waals surface area contributed by atoms with Crippen LogP contribution in [0.15, 0.2) is 36.4 Å². The highest BCUT2D eigenvalue weighted by atomic mass is 16.1.